The summed E-state index contributed by atoms with van der Waals surface area (Å²) in [5, 5.41) is 6.46. The Bertz CT molecular complexity index is 695. The third kappa shape index (κ3) is 2.59. The number of nitrogens with one attached hydrogen (secondary N) is 2. The number of urea groups is 1. The van der Waals surface area contributed by atoms with Gasteiger partial charge in [-0.1, -0.05) is 48.5 Å². The van der Waals surface area contributed by atoms with Gasteiger partial charge in [-0.15, -0.1) is 0 Å². The van der Waals surface area contributed by atoms with Crippen LogP contribution >= 0.6 is 0 Å². The number of hydrogen-bond acceptors (Lipinski definition) is 2. The molecule has 0 aromatic heterocycles. The Hall–Kier alpha value is -2.33. The summed E-state index contributed by atoms with van der Waals surface area (Å²) in [5.74, 6) is 0. The van der Waals surface area contributed by atoms with Crippen LogP contribution in [0.2, 0.25) is 0 Å². The molecule has 2 aliphatic rings. The zero-order valence-electron chi connectivity index (χ0n) is 13.0. The molecule has 4 nitrogen and oxygen atoms in total. The Morgan fingerprint density at radius 2 is 1.61 bits per heavy atom. The van der Waals surface area contributed by atoms with Crippen molar-refractivity contribution in [3.63, 3.8) is 0 Å². The van der Waals surface area contributed by atoms with E-state index in [0.29, 0.717) is 0 Å². The van der Waals surface area contributed by atoms with Gasteiger partial charge in [0.05, 0.1) is 6.04 Å². The molecule has 0 aliphatic carbocycles. The highest BCUT2D eigenvalue weighted by Crippen LogP contribution is 2.39. The van der Waals surface area contributed by atoms with E-state index in [1.807, 2.05) is 36.4 Å². The first-order chi connectivity index (χ1) is 11.3. The summed E-state index contributed by atoms with van der Waals surface area (Å²) in [4.78, 5) is 14.9. The van der Waals surface area contributed by atoms with E-state index < -0.39 is 0 Å². The third-order valence-electron chi connectivity index (χ3n) is 4.83. The highest BCUT2D eigenvalue weighted by Gasteiger charge is 2.38. The number of nitrogens with zero attached hydrogens (tertiary/aromatic N) is 1. The molecule has 2 aromatic carbocycles. The van der Waals surface area contributed by atoms with Crippen molar-refractivity contribution in [2.75, 3.05) is 18.4 Å². The lowest BCUT2D eigenvalue weighted by Gasteiger charge is -2.43. The number of benzene rings is 2. The number of amides is 2. The fourth-order valence-corrected chi connectivity index (χ4v) is 3.73. The van der Waals surface area contributed by atoms with Gasteiger partial charge in [-0.3, -0.25) is 0 Å². The van der Waals surface area contributed by atoms with E-state index in [-0.39, 0.29) is 18.1 Å². The molecule has 0 unspecified atom stereocenters. The molecule has 1 saturated heterocycles. The van der Waals surface area contributed by atoms with Gasteiger partial charge in [-0.05, 0) is 37.6 Å². The minimum atomic E-state index is -0.00995. The summed E-state index contributed by atoms with van der Waals surface area (Å²) >= 11 is 0. The van der Waals surface area contributed by atoms with Crippen molar-refractivity contribution in [2.24, 2.45) is 0 Å². The summed E-state index contributed by atoms with van der Waals surface area (Å²) < 4.78 is 0. The Kier molecular flexibility index (Phi) is 3.75. The fraction of sp³-hybridized carbons (Fsp3) is 0.316. The van der Waals surface area contributed by atoms with E-state index in [9.17, 15) is 4.79 Å². The van der Waals surface area contributed by atoms with Crippen molar-refractivity contribution in [2.45, 2.75) is 24.9 Å². The topological polar surface area (TPSA) is 44.4 Å². The lowest BCUT2D eigenvalue weighted by molar-refractivity contribution is 0.147. The molecule has 4 rings (SSSR count). The zero-order chi connectivity index (χ0) is 15.6. The highest BCUT2D eigenvalue weighted by atomic mass is 16.2. The number of para-hydroxylation sites is 1. The molecule has 2 amide bonds. The van der Waals surface area contributed by atoms with Crippen LogP contribution in [-0.2, 0) is 0 Å². The van der Waals surface area contributed by atoms with Crippen molar-refractivity contribution in [1.82, 2.24) is 10.2 Å². The van der Waals surface area contributed by atoms with E-state index in [2.05, 4.69) is 33.7 Å². The zero-order valence-corrected chi connectivity index (χ0v) is 13.0. The number of anilines is 1. The van der Waals surface area contributed by atoms with Crippen LogP contribution in [0.1, 0.15) is 30.0 Å². The predicted molar refractivity (Wildman–Crippen MR) is 91.5 cm³/mol. The molecule has 1 fully saturated rings. The summed E-state index contributed by atoms with van der Waals surface area (Å²) in [7, 11) is 0. The molecule has 2 heterocycles. The molecule has 1 atom stereocenters. The van der Waals surface area contributed by atoms with Crippen LogP contribution in [0.5, 0.6) is 0 Å². The number of rotatable bonds is 2. The number of fused-ring (bicyclic) bond motifs is 1. The molecule has 2 aromatic rings. The first kappa shape index (κ1) is 14.3. The fourth-order valence-electron chi connectivity index (χ4n) is 3.73. The quantitative estimate of drug-likeness (QED) is 0.893. The number of hydrogen-bond donors (Lipinski definition) is 2. The molecule has 23 heavy (non-hydrogen) atoms. The Balaban J connectivity index is 1.81. The Morgan fingerprint density at radius 3 is 2.39 bits per heavy atom. The third-order valence-corrected chi connectivity index (χ3v) is 4.83. The number of piperidine rings is 1. The van der Waals surface area contributed by atoms with Crippen molar-refractivity contribution in [3.05, 3.63) is 65.7 Å². The standard InChI is InChI=1S/C19H21N3O/c23-19-21-17-9-5-4-8-16(17)18(14-6-2-1-3-7-14)22(19)15-10-12-20-13-11-15/h1-9,15,18,20H,10-13H2,(H,21,23)/t18-/m0/s1. The van der Waals surface area contributed by atoms with E-state index in [1.165, 1.54) is 11.1 Å². The number of carbonyl (C=O) groups is 1. The molecule has 118 valence electrons. The van der Waals surface area contributed by atoms with Crippen LogP contribution in [0.4, 0.5) is 10.5 Å². The number of carbonyl (C=O) groups excluding carboxylic acids is 1. The van der Waals surface area contributed by atoms with Gasteiger partial charge in [-0.25, -0.2) is 4.79 Å². The van der Waals surface area contributed by atoms with Crippen LogP contribution in [0.3, 0.4) is 0 Å². The molecule has 0 saturated carbocycles. The summed E-state index contributed by atoms with van der Waals surface area (Å²) in [6.45, 7) is 1.94. The predicted octanol–water partition coefficient (Wildman–Crippen LogP) is 3.38. The Labute approximate surface area is 136 Å². The van der Waals surface area contributed by atoms with Crippen LogP contribution in [0.15, 0.2) is 54.6 Å². The normalized spacial score (nSPS) is 21.7. The maximum atomic E-state index is 12.8. The van der Waals surface area contributed by atoms with Gasteiger partial charge in [-0.2, -0.15) is 0 Å². The van der Waals surface area contributed by atoms with Crippen molar-refractivity contribution < 1.29 is 4.79 Å². The minimum Gasteiger partial charge on any atom is -0.317 e. The average Bonchev–Trinajstić information content (AvgIpc) is 2.62. The van der Waals surface area contributed by atoms with Gasteiger partial charge in [0.25, 0.3) is 0 Å². The highest BCUT2D eigenvalue weighted by molar-refractivity contribution is 5.93. The van der Waals surface area contributed by atoms with Crippen LogP contribution in [0, 0.1) is 0 Å². The second-order valence-electron chi connectivity index (χ2n) is 6.22. The molecular weight excluding hydrogens is 286 g/mol. The maximum Gasteiger partial charge on any atom is 0.322 e. The van der Waals surface area contributed by atoms with Crippen molar-refractivity contribution >= 4 is 11.7 Å². The van der Waals surface area contributed by atoms with Crippen molar-refractivity contribution in [1.29, 1.82) is 0 Å². The molecule has 0 spiro atoms. The second kappa shape index (κ2) is 6.05. The van der Waals surface area contributed by atoms with E-state index in [1.54, 1.807) is 0 Å². The first-order valence-corrected chi connectivity index (χ1v) is 8.28. The van der Waals surface area contributed by atoms with Crippen molar-refractivity contribution in [3.8, 4) is 0 Å². The van der Waals surface area contributed by atoms with E-state index in [4.69, 9.17) is 0 Å². The molecule has 2 N–H and O–H groups in total. The SMILES string of the molecule is O=C1Nc2ccccc2[C@H](c2ccccc2)N1C1CCNCC1. The summed E-state index contributed by atoms with van der Waals surface area (Å²) in [5.41, 5.74) is 3.28. The average molecular weight is 307 g/mol. The summed E-state index contributed by atoms with van der Waals surface area (Å²) in [6.07, 6.45) is 2.00. The van der Waals surface area contributed by atoms with Gasteiger partial charge in [0.1, 0.15) is 0 Å². The maximum absolute atomic E-state index is 12.8. The second-order valence-corrected chi connectivity index (χ2v) is 6.22. The van der Waals surface area contributed by atoms with Gasteiger partial charge in [0.2, 0.25) is 0 Å². The van der Waals surface area contributed by atoms with Crippen LogP contribution in [-0.4, -0.2) is 30.1 Å². The van der Waals surface area contributed by atoms with Gasteiger partial charge < -0.3 is 15.5 Å². The lowest BCUT2D eigenvalue weighted by atomic mass is 9.91. The van der Waals surface area contributed by atoms with Gasteiger partial charge in [0.15, 0.2) is 0 Å². The monoisotopic (exact) mass is 307 g/mol. The van der Waals surface area contributed by atoms with E-state index in [0.717, 1.165) is 31.6 Å². The lowest BCUT2D eigenvalue weighted by Crippen LogP contribution is -2.51. The smallest absolute Gasteiger partial charge is 0.317 e. The minimum absolute atomic E-state index is 0.00995. The summed E-state index contributed by atoms with van der Waals surface area (Å²) in [6, 6.07) is 18.8. The van der Waals surface area contributed by atoms with E-state index >= 15 is 0 Å². The Morgan fingerprint density at radius 1 is 0.913 bits per heavy atom. The van der Waals surface area contributed by atoms with Gasteiger partial charge >= 0.3 is 6.03 Å². The van der Waals surface area contributed by atoms with Crippen LogP contribution < -0.4 is 10.6 Å². The molecular formula is C19H21N3O. The molecule has 0 bridgehead atoms. The first-order valence-electron chi connectivity index (χ1n) is 8.28. The van der Waals surface area contributed by atoms with Gasteiger partial charge in [0, 0.05) is 17.3 Å². The largest absolute Gasteiger partial charge is 0.322 e. The molecule has 0 radical (unpaired) electrons. The molecule has 4 heteroatoms. The molecule has 2 aliphatic heterocycles. The van der Waals surface area contributed by atoms with Crippen LogP contribution in [0.25, 0.3) is 0 Å².